The average molecular weight is 429 g/mol. The summed E-state index contributed by atoms with van der Waals surface area (Å²) in [5.74, 6) is 0.227. The first-order valence-electron chi connectivity index (χ1n) is 9.96. The highest BCUT2D eigenvalue weighted by molar-refractivity contribution is 7.98. The summed E-state index contributed by atoms with van der Waals surface area (Å²) < 4.78 is 6.01. The van der Waals surface area contributed by atoms with Crippen LogP contribution in [0.1, 0.15) is 39.0 Å². The molecule has 0 saturated heterocycles. The molecule has 0 unspecified atom stereocenters. The summed E-state index contributed by atoms with van der Waals surface area (Å²) in [6, 6.07) is 18.3. The molecular formula is C25H20N2O3S. The van der Waals surface area contributed by atoms with Crippen molar-refractivity contribution >= 4 is 34.5 Å². The van der Waals surface area contributed by atoms with Crippen LogP contribution in [0.15, 0.2) is 74.8 Å². The molecule has 1 atom stereocenters. The van der Waals surface area contributed by atoms with Gasteiger partial charge in [-0.15, -0.1) is 11.8 Å². The number of aromatic nitrogens is 1. The molecule has 2 aromatic heterocycles. The molecule has 1 amide bonds. The number of thioether (sulfide) groups is 1. The summed E-state index contributed by atoms with van der Waals surface area (Å²) in [7, 11) is 0. The molecule has 2 aromatic carbocycles. The van der Waals surface area contributed by atoms with Crippen LogP contribution in [0.4, 0.5) is 5.82 Å². The van der Waals surface area contributed by atoms with E-state index in [1.807, 2.05) is 68.6 Å². The number of anilines is 1. The maximum atomic E-state index is 13.6. The lowest BCUT2D eigenvalue weighted by molar-refractivity contribution is 0.0970. The van der Waals surface area contributed by atoms with Gasteiger partial charge in [-0.2, -0.15) is 0 Å². The van der Waals surface area contributed by atoms with Crippen molar-refractivity contribution in [1.29, 1.82) is 0 Å². The third-order valence-corrected chi connectivity index (χ3v) is 6.32. The van der Waals surface area contributed by atoms with Crippen LogP contribution < -0.4 is 10.3 Å². The van der Waals surface area contributed by atoms with Crippen molar-refractivity contribution < 1.29 is 9.21 Å². The Morgan fingerprint density at radius 2 is 1.77 bits per heavy atom. The molecule has 31 heavy (non-hydrogen) atoms. The standard InChI is InChI=1S/C25H20N2O3S/c1-14-7-12-19-18(13-14)23(28)21-22(16-8-10-17(31-3)11-9-16)27(25(29)24(21)30-19)20-6-4-5-15(2)26-20/h4-13,22H,1-3H3/t22-/m1/s1. The Balaban J connectivity index is 1.80. The van der Waals surface area contributed by atoms with Gasteiger partial charge in [0.15, 0.2) is 5.43 Å². The van der Waals surface area contributed by atoms with Crippen molar-refractivity contribution in [1.82, 2.24) is 4.98 Å². The lowest BCUT2D eigenvalue weighted by Gasteiger charge is -2.24. The van der Waals surface area contributed by atoms with Crippen LogP contribution in [0.5, 0.6) is 0 Å². The fourth-order valence-corrected chi connectivity index (χ4v) is 4.50. The van der Waals surface area contributed by atoms with Gasteiger partial charge >= 0.3 is 0 Å². The van der Waals surface area contributed by atoms with E-state index in [1.165, 1.54) is 0 Å². The third kappa shape index (κ3) is 3.15. The first kappa shape index (κ1) is 19.6. The number of pyridine rings is 1. The van der Waals surface area contributed by atoms with Crippen LogP contribution in [0, 0.1) is 13.8 Å². The zero-order valence-corrected chi connectivity index (χ0v) is 18.2. The van der Waals surface area contributed by atoms with Gasteiger partial charge in [-0.05, 0) is 62.1 Å². The van der Waals surface area contributed by atoms with Crippen LogP contribution in [0.2, 0.25) is 0 Å². The molecule has 0 saturated carbocycles. The predicted octanol–water partition coefficient (Wildman–Crippen LogP) is 5.28. The maximum Gasteiger partial charge on any atom is 0.296 e. The summed E-state index contributed by atoms with van der Waals surface area (Å²) in [5, 5.41) is 0.483. The van der Waals surface area contributed by atoms with Crippen molar-refractivity contribution in [2.75, 3.05) is 11.2 Å². The van der Waals surface area contributed by atoms with Crippen LogP contribution in [-0.2, 0) is 0 Å². The van der Waals surface area contributed by atoms with E-state index in [4.69, 9.17) is 4.42 Å². The number of amides is 1. The van der Waals surface area contributed by atoms with Crippen molar-refractivity contribution in [3.05, 3.63) is 99.0 Å². The molecule has 0 radical (unpaired) electrons. The Kier molecular flexibility index (Phi) is 4.67. The second kappa shape index (κ2) is 7.39. The highest BCUT2D eigenvalue weighted by atomic mass is 32.2. The fraction of sp³-hybridized carbons (Fsp3) is 0.160. The molecular weight excluding hydrogens is 408 g/mol. The van der Waals surface area contributed by atoms with E-state index in [2.05, 4.69) is 4.98 Å². The number of fused-ring (bicyclic) bond motifs is 2. The highest BCUT2D eigenvalue weighted by Crippen LogP contribution is 2.41. The average Bonchev–Trinajstić information content (AvgIpc) is 3.07. The normalized spacial score (nSPS) is 15.5. The molecule has 5 rings (SSSR count). The molecule has 5 nitrogen and oxygen atoms in total. The van der Waals surface area contributed by atoms with Gasteiger partial charge in [0.25, 0.3) is 5.91 Å². The van der Waals surface area contributed by atoms with Gasteiger partial charge in [0.1, 0.15) is 11.4 Å². The van der Waals surface area contributed by atoms with Crippen molar-refractivity contribution in [2.24, 2.45) is 0 Å². The molecule has 3 heterocycles. The Morgan fingerprint density at radius 1 is 1.00 bits per heavy atom. The molecule has 0 N–H and O–H groups in total. The van der Waals surface area contributed by atoms with Crippen molar-refractivity contribution in [3.8, 4) is 0 Å². The second-order valence-electron chi connectivity index (χ2n) is 7.66. The number of benzene rings is 2. The SMILES string of the molecule is CSc1ccc([C@@H]2c3c(oc4ccc(C)cc4c3=O)C(=O)N2c2cccc(C)n2)cc1. The van der Waals surface area contributed by atoms with Gasteiger partial charge in [0.05, 0.1) is 17.0 Å². The van der Waals surface area contributed by atoms with E-state index in [0.29, 0.717) is 22.4 Å². The van der Waals surface area contributed by atoms with Crippen molar-refractivity contribution in [2.45, 2.75) is 24.8 Å². The first-order valence-corrected chi connectivity index (χ1v) is 11.2. The van der Waals surface area contributed by atoms with Crippen LogP contribution in [-0.4, -0.2) is 17.1 Å². The van der Waals surface area contributed by atoms with Gasteiger partial charge in [-0.1, -0.05) is 29.8 Å². The molecule has 4 aromatic rings. The van der Waals surface area contributed by atoms with Gasteiger partial charge in [-0.3, -0.25) is 14.5 Å². The van der Waals surface area contributed by atoms with Gasteiger partial charge in [0, 0.05) is 10.6 Å². The minimum Gasteiger partial charge on any atom is -0.450 e. The van der Waals surface area contributed by atoms with E-state index in [-0.39, 0.29) is 17.1 Å². The number of rotatable bonds is 3. The summed E-state index contributed by atoms with van der Waals surface area (Å²) in [6.45, 7) is 3.80. The van der Waals surface area contributed by atoms with Crippen LogP contribution in [0.3, 0.4) is 0 Å². The number of aryl methyl sites for hydroxylation is 2. The largest absolute Gasteiger partial charge is 0.450 e. The molecule has 6 heteroatoms. The van der Waals surface area contributed by atoms with Gasteiger partial charge in [0.2, 0.25) is 5.76 Å². The maximum absolute atomic E-state index is 13.6. The predicted molar refractivity (Wildman–Crippen MR) is 123 cm³/mol. The molecule has 0 spiro atoms. The highest BCUT2D eigenvalue weighted by Gasteiger charge is 2.44. The topological polar surface area (TPSA) is 63.4 Å². The molecule has 154 valence electrons. The van der Waals surface area contributed by atoms with Crippen molar-refractivity contribution in [3.63, 3.8) is 0 Å². The molecule has 0 aliphatic carbocycles. The van der Waals surface area contributed by atoms with E-state index < -0.39 is 6.04 Å². The summed E-state index contributed by atoms with van der Waals surface area (Å²) in [6.07, 6.45) is 2.01. The zero-order chi connectivity index (χ0) is 21.7. The van der Waals surface area contributed by atoms with Crippen LogP contribution in [0.25, 0.3) is 11.0 Å². The number of carbonyl (C=O) groups is 1. The number of hydrogen-bond donors (Lipinski definition) is 0. The quantitative estimate of drug-likeness (QED) is 0.416. The minimum atomic E-state index is -0.603. The third-order valence-electron chi connectivity index (χ3n) is 5.58. The Morgan fingerprint density at radius 3 is 2.48 bits per heavy atom. The van der Waals surface area contributed by atoms with E-state index in [1.54, 1.807) is 28.8 Å². The van der Waals surface area contributed by atoms with E-state index >= 15 is 0 Å². The number of carbonyl (C=O) groups excluding carboxylic acids is 1. The van der Waals surface area contributed by atoms with E-state index in [9.17, 15) is 9.59 Å². The van der Waals surface area contributed by atoms with Gasteiger partial charge < -0.3 is 4.42 Å². The fourth-order valence-electron chi connectivity index (χ4n) is 4.09. The Labute approximate surface area is 183 Å². The summed E-state index contributed by atoms with van der Waals surface area (Å²) >= 11 is 1.64. The van der Waals surface area contributed by atoms with E-state index in [0.717, 1.165) is 21.7 Å². The molecule has 0 fully saturated rings. The Bertz CT molecular complexity index is 1390. The monoisotopic (exact) mass is 428 g/mol. The smallest absolute Gasteiger partial charge is 0.296 e. The number of nitrogens with zero attached hydrogens (tertiary/aromatic N) is 2. The van der Waals surface area contributed by atoms with Gasteiger partial charge in [-0.25, -0.2) is 4.98 Å². The lowest BCUT2D eigenvalue weighted by atomic mass is 9.98. The Hall–Kier alpha value is -3.38. The molecule has 1 aliphatic rings. The minimum absolute atomic E-state index is 0.0867. The summed E-state index contributed by atoms with van der Waals surface area (Å²) in [4.78, 5) is 34.4. The lowest BCUT2D eigenvalue weighted by Crippen LogP contribution is -2.30. The first-order chi connectivity index (χ1) is 15.0. The second-order valence-corrected chi connectivity index (χ2v) is 8.54. The number of hydrogen-bond acceptors (Lipinski definition) is 5. The molecule has 1 aliphatic heterocycles. The zero-order valence-electron chi connectivity index (χ0n) is 17.4. The molecule has 0 bridgehead atoms. The summed E-state index contributed by atoms with van der Waals surface area (Å²) in [5.41, 5.74) is 3.19. The van der Waals surface area contributed by atoms with Crippen LogP contribution >= 0.6 is 11.8 Å².